The van der Waals surface area contributed by atoms with Gasteiger partial charge in [0.15, 0.2) is 0 Å². The van der Waals surface area contributed by atoms with Gasteiger partial charge >= 0.3 is 5.97 Å². The second-order valence-corrected chi connectivity index (χ2v) is 6.26. The quantitative estimate of drug-likeness (QED) is 0.827. The first-order valence-electron chi connectivity index (χ1n) is 6.14. The zero-order valence-corrected chi connectivity index (χ0v) is 11.7. The number of rotatable bonds is 7. The molecular formula is C14H20O3S. The van der Waals surface area contributed by atoms with Crippen LogP contribution in [0.25, 0.3) is 0 Å². The zero-order valence-electron chi connectivity index (χ0n) is 10.9. The summed E-state index contributed by atoms with van der Waals surface area (Å²) in [7, 11) is -0.968. The summed E-state index contributed by atoms with van der Waals surface area (Å²) >= 11 is 0. The molecule has 0 heterocycles. The minimum atomic E-state index is -0.968. The largest absolute Gasteiger partial charge is 0.481 e. The van der Waals surface area contributed by atoms with Crippen molar-refractivity contribution >= 4 is 16.8 Å². The molecule has 0 saturated heterocycles. The van der Waals surface area contributed by atoms with E-state index in [0.29, 0.717) is 23.8 Å². The van der Waals surface area contributed by atoms with Gasteiger partial charge in [0, 0.05) is 28.7 Å². The predicted molar refractivity (Wildman–Crippen MR) is 74.1 cm³/mol. The van der Waals surface area contributed by atoms with E-state index in [1.165, 1.54) is 5.56 Å². The standard InChI is InChI=1S/C14H20O3S/c1-11(2)13-7-5-12(6-8-13)10-18(17)9-3-4-14(15)16/h5-8,11H,3-4,9-10H2,1-2H3,(H,15,16). The third-order valence-corrected chi connectivity index (χ3v) is 4.14. The molecular weight excluding hydrogens is 248 g/mol. The number of carboxylic acids is 1. The van der Waals surface area contributed by atoms with Gasteiger partial charge < -0.3 is 5.11 Å². The number of hydrogen-bond acceptors (Lipinski definition) is 2. The highest BCUT2D eigenvalue weighted by Crippen LogP contribution is 2.15. The normalized spacial score (nSPS) is 12.6. The predicted octanol–water partition coefficient (Wildman–Crippen LogP) is 2.92. The van der Waals surface area contributed by atoms with Crippen molar-refractivity contribution in [1.82, 2.24) is 0 Å². The molecule has 18 heavy (non-hydrogen) atoms. The average molecular weight is 268 g/mol. The molecule has 0 saturated carbocycles. The monoisotopic (exact) mass is 268 g/mol. The van der Waals surface area contributed by atoms with Crippen molar-refractivity contribution in [3.63, 3.8) is 0 Å². The Bertz CT molecular complexity index is 410. The van der Waals surface area contributed by atoms with Crippen LogP contribution in [0.4, 0.5) is 0 Å². The smallest absolute Gasteiger partial charge is 0.303 e. The van der Waals surface area contributed by atoms with Crippen LogP contribution in [0.3, 0.4) is 0 Å². The molecule has 0 aliphatic heterocycles. The first-order chi connectivity index (χ1) is 8.49. The molecule has 1 atom stereocenters. The summed E-state index contributed by atoms with van der Waals surface area (Å²) in [6.07, 6.45) is 0.573. The Balaban J connectivity index is 2.42. The molecule has 0 spiro atoms. The lowest BCUT2D eigenvalue weighted by molar-refractivity contribution is -0.137. The first kappa shape index (κ1) is 14.9. The Morgan fingerprint density at radius 2 is 1.89 bits per heavy atom. The molecule has 0 aliphatic carbocycles. The average Bonchev–Trinajstić information content (AvgIpc) is 2.29. The zero-order chi connectivity index (χ0) is 13.5. The fourth-order valence-electron chi connectivity index (χ4n) is 1.64. The van der Waals surface area contributed by atoms with Crippen molar-refractivity contribution in [2.75, 3.05) is 5.75 Å². The lowest BCUT2D eigenvalue weighted by Crippen LogP contribution is -2.04. The molecule has 0 radical (unpaired) electrons. The lowest BCUT2D eigenvalue weighted by atomic mass is 10.0. The maximum Gasteiger partial charge on any atom is 0.303 e. The molecule has 1 unspecified atom stereocenters. The molecule has 0 fully saturated rings. The van der Waals surface area contributed by atoms with Gasteiger partial charge in [-0.15, -0.1) is 0 Å². The van der Waals surface area contributed by atoms with Gasteiger partial charge in [-0.3, -0.25) is 9.00 Å². The molecule has 0 aliphatic rings. The molecule has 0 bridgehead atoms. The van der Waals surface area contributed by atoms with Crippen LogP contribution in [0.15, 0.2) is 24.3 Å². The van der Waals surface area contributed by atoms with Gasteiger partial charge in [0.2, 0.25) is 0 Å². The fraction of sp³-hybridized carbons (Fsp3) is 0.500. The highest BCUT2D eigenvalue weighted by atomic mass is 32.2. The van der Waals surface area contributed by atoms with Gasteiger partial charge in [-0.1, -0.05) is 38.1 Å². The molecule has 1 aromatic carbocycles. The molecule has 1 N–H and O–H groups in total. The third kappa shape index (κ3) is 5.45. The SMILES string of the molecule is CC(C)c1ccc(CS(=O)CCCC(=O)O)cc1. The van der Waals surface area contributed by atoms with Crippen molar-refractivity contribution in [3.05, 3.63) is 35.4 Å². The van der Waals surface area contributed by atoms with Gasteiger partial charge in [-0.05, 0) is 23.5 Å². The summed E-state index contributed by atoms with van der Waals surface area (Å²) in [4.78, 5) is 10.3. The Kier molecular flexibility index (Phi) is 6.05. The van der Waals surface area contributed by atoms with Crippen LogP contribution < -0.4 is 0 Å². The summed E-state index contributed by atoms with van der Waals surface area (Å²) in [6, 6.07) is 8.14. The Morgan fingerprint density at radius 1 is 1.28 bits per heavy atom. The first-order valence-corrected chi connectivity index (χ1v) is 7.63. The van der Waals surface area contributed by atoms with Crippen molar-refractivity contribution < 1.29 is 14.1 Å². The van der Waals surface area contributed by atoms with E-state index in [4.69, 9.17) is 5.11 Å². The number of aliphatic carboxylic acids is 1. The van der Waals surface area contributed by atoms with Crippen LogP contribution in [-0.2, 0) is 21.3 Å². The fourth-order valence-corrected chi connectivity index (χ4v) is 2.82. The van der Waals surface area contributed by atoms with Gasteiger partial charge in [0.1, 0.15) is 0 Å². The third-order valence-electron chi connectivity index (χ3n) is 2.74. The van der Waals surface area contributed by atoms with E-state index in [-0.39, 0.29) is 6.42 Å². The number of carboxylic acid groups (broad SMARTS) is 1. The summed E-state index contributed by atoms with van der Waals surface area (Å²) in [5.74, 6) is 0.643. The summed E-state index contributed by atoms with van der Waals surface area (Å²) in [5, 5.41) is 8.50. The van der Waals surface area contributed by atoms with Gasteiger partial charge in [0.05, 0.1) is 0 Å². The lowest BCUT2D eigenvalue weighted by Gasteiger charge is -2.06. The highest BCUT2D eigenvalue weighted by molar-refractivity contribution is 7.84. The molecule has 100 valence electrons. The Morgan fingerprint density at radius 3 is 2.39 bits per heavy atom. The maximum atomic E-state index is 11.7. The number of hydrogen-bond donors (Lipinski definition) is 1. The summed E-state index contributed by atoms with van der Waals surface area (Å²) in [5.41, 5.74) is 2.32. The molecule has 0 aromatic heterocycles. The van der Waals surface area contributed by atoms with E-state index < -0.39 is 16.8 Å². The van der Waals surface area contributed by atoms with E-state index in [9.17, 15) is 9.00 Å². The molecule has 1 rings (SSSR count). The Labute approximate surface area is 111 Å². The van der Waals surface area contributed by atoms with Gasteiger partial charge in [0.25, 0.3) is 0 Å². The minimum Gasteiger partial charge on any atom is -0.481 e. The molecule has 3 nitrogen and oxygen atoms in total. The maximum absolute atomic E-state index is 11.7. The second-order valence-electron chi connectivity index (χ2n) is 4.68. The molecule has 1 aromatic rings. The van der Waals surface area contributed by atoms with Crippen LogP contribution >= 0.6 is 0 Å². The molecule has 4 heteroatoms. The second kappa shape index (κ2) is 7.31. The highest BCUT2D eigenvalue weighted by Gasteiger charge is 2.05. The van der Waals surface area contributed by atoms with Crippen molar-refractivity contribution in [2.24, 2.45) is 0 Å². The van der Waals surface area contributed by atoms with Crippen LogP contribution in [0.5, 0.6) is 0 Å². The molecule has 0 amide bonds. The van der Waals surface area contributed by atoms with E-state index in [1.54, 1.807) is 0 Å². The summed E-state index contributed by atoms with van der Waals surface area (Å²) < 4.78 is 11.7. The summed E-state index contributed by atoms with van der Waals surface area (Å²) in [6.45, 7) is 4.28. The van der Waals surface area contributed by atoms with Gasteiger partial charge in [-0.25, -0.2) is 0 Å². The van der Waals surface area contributed by atoms with Crippen molar-refractivity contribution in [2.45, 2.75) is 38.4 Å². The number of benzene rings is 1. The van der Waals surface area contributed by atoms with Gasteiger partial charge in [-0.2, -0.15) is 0 Å². The van der Waals surface area contributed by atoms with Crippen LogP contribution in [0, 0.1) is 0 Å². The van der Waals surface area contributed by atoms with E-state index in [0.717, 1.165) is 5.56 Å². The van der Waals surface area contributed by atoms with Crippen LogP contribution in [0.1, 0.15) is 43.7 Å². The Hall–Kier alpha value is -1.16. The van der Waals surface area contributed by atoms with Crippen LogP contribution in [0.2, 0.25) is 0 Å². The van der Waals surface area contributed by atoms with E-state index in [1.807, 2.05) is 12.1 Å². The number of carbonyl (C=O) groups is 1. The van der Waals surface area contributed by atoms with Crippen molar-refractivity contribution in [3.8, 4) is 0 Å². The topological polar surface area (TPSA) is 54.4 Å². The van der Waals surface area contributed by atoms with Crippen molar-refractivity contribution in [1.29, 1.82) is 0 Å². The minimum absolute atomic E-state index is 0.0953. The van der Waals surface area contributed by atoms with E-state index >= 15 is 0 Å². The van der Waals surface area contributed by atoms with E-state index in [2.05, 4.69) is 26.0 Å². The van der Waals surface area contributed by atoms with Crippen LogP contribution in [-0.4, -0.2) is 21.0 Å².